The minimum absolute atomic E-state index is 0.0825. The van der Waals surface area contributed by atoms with Crippen LogP contribution in [0.5, 0.6) is 0 Å². The number of carbonyl (C=O) groups excluding carboxylic acids is 1. The molecule has 0 radical (unpaired) electrons. The van der Waals surface area contributed by atoms with Crippen LogP contribution in [0.4, 0.5) is 4.39 Å². The second kappa shape index (κ2) is 5.34. The van der Waals surface area contributed by atoms with Gasteiger partial charge in [0.1, 0.15) is 5.82 Å². The summed E-state index contributed by atoms with van der Waals surface area (Å²) in [4.78, 5) is 15.4. The van der Waals surface area contributed by atoms with Gasteiger partial charge in [0.15, 0.2) is 5.78 Å². The summed E-state index contributed by atoms with van der Waals surface area (Å²) in [5, 5.41) is 0. The molecule has 1 aromatic heterocycles. The molecule has 0 saturated carbocycles. The molecule has 0 atom stereocenters. The highest BCUT2D eigenvalue weighted by atomic mass is 19.1. The largest absolute Gasteiger partial charge is 0.294 e. The molecule has 2 nitrogen and oxygen atoms in total. The molecule has 0 fully saturated rings. The molecule has 0 aliphatic heterocycles. The molecule has 0 aliphatic carbocycles. The van der Waals surface area contributed by atoms with Gasteiger partial charge in [-0.3, -0.25) is 9.78 Å². The first-order valence-corrected chi connectivity index (χ1v) is 5.43. The highest BCUT2D eigenvalue weighted by Crippen LogP contribution is 2.08. The number of aromatic nitrogens is 1. The number of rotatable bonds is 4. The highest BCUT2D eigenvalue weighted by molar-refractivity contribution is 5.95. The van der Waals surface area contributed by atoms with E-state index in [9.17, 15) is 9.18 Å². The lowest BCUT2D eigenvalue weighted by atomic mass is 10.0. The maximum Gasteiger partial charge on any atom is 0.164 e. The second-order valence-electron chi connectivity index (χ2n) is 3.80. The number of hydrogen-bond acceptors (Lipinski definition) is 2. The van der Waals surface area contributed by atoms with Crippen LogP contribution >= 0.6 is 0 Å². The summed E-state index contributed by atoms with van der Waals surface area (Å²) >= 11 is 0. The Hall–Kier alpha value is -2.03. The molecule has 17 heavy (non-hydrogen) atoms. The Kier molecular flexibility index (Phi) is 3.60. The topological polar surface area (TPSA) is 30.0 Å². The van der Waals surface area contributed by atoms with Gasteiger partial charge in [0.2, 0.25) is 0 Å². The Bertz CT molecular complexity index is 511. The van der Waals surface area contributed by atoms with Crippen molar-refractivity contribution in [2.24, 2.45) is 0 Å². The van der Waals surface area contributed by atoms with Gasteiger partial charge in [-0.15, -0.1) is 0 Å². The van der Waals surface area contributed by atoms with Gasteiger partial charge >= 0.3 is 0 Å². The van der Waals surface area contributed by atoms with Gasteiger partial charge in [-0.2, -0.15) is 0 Å². The fourth-order valence-corrected chi connectivity index (χ4v) is 1.61. The van der Waals surface area contributed by atoms with E-state index < -0.39 is 5.82 Å². The van der Waals surface area contributed by atoms with Crippen molar-refractivity contribution in [3.8, 4) is 0 Å². The van der Waals surface area contributed by atoms with Crippen molar-refractivity contribution >= 4 is 5.78 Å². The van der Waals surface area contributed by atoms with Crippen molar-refractivity contribution in [1.29, 1.82) is 0 Å². The minimum Gasteiger partial charge on any atom is -0.294 e. The van der Waals surface area contributed by atoms with Gasteiger partial charge in [-0.1, -0.05) is 30.3 Å². The summed E-state index contributed by atoms with van der Waals surface area (Å²) in [6, 6.07) is 11.0. The molecular formula is C14H12FNO. The number of pyridine rings is 1. The molecule has 1 heterocycles. The Morgan fingerprint density at radius 1 is 1.18 bits per heavy atom. The van der Waals surface area contributed by atoms with E-state index in [1.807, 2.05) is 30.3 Å². The number of nitrogens with zero attached hydrogens (tertiary/aromatic N) is 1. The first-order chi connectivity index (χ1) is 8.25. The van der Waals surface area contributed by atoms with E-state index in [-0.39, 0.29) is 5.78 Å². The molecule has 3 heteroatoms. The normalized spacial score (nSPS) is 10.2. The zero-order valence-corrected chi connectivity index (χ0v) is 9.27. The lowest BCUT2D eigenvalue weighted by molar-refractivity contribution is 0.0982. The Balaban J connectivity index is 1.98. The van der Waals surface area contributed by atoms with Crippen LogP contribution in [-0.4, -0.2) is 10.8 Å². The predicted octanol–water partition coefficient (Wildman–Crippen LogP) is 3.04. The van der Waals surface area contributed by atoms with Gasteiger partial charge in [-0.25, -0.2) is 4.39 Å². The smallest absolute Gasteiger partial charge is 0.164 e. The monoisotopic (exact) mass is 229 g/mol. The van der Waals surface area contributed by atoms with E-state index in [0.29, 0.717) is 18.4 Å². The van der Waals surface area contributed by atoms with Crippen LogP contribution in [0.1, 0.15) is 22.3 Å². The lowest BCUT2D eigenvalue weighted by Gasteiger charge is -2.01. The van der Waals surface area contributed by atoms with Crippen LogP contribution in [0.2, 0.25) is 0 Å². The van der Waals surface area contributed by atoms with E-state index in [1.54, 1.807) is 0 Å². The van der Waals surface area contributed by atoms with Gasteiger partial charge < -0.3 is 0 Å². The standard InChI is InChI=1S/C14H12FNO/c15-13-8-12(9-16-10-13)14(17)7-6-11-4-2-1-3-5-11/h1-5,8-10H,6-7H2. The van der Waals surface area contributed by atoms with Crippen molar-refractivity contribution in [2.75, 3.05) is 0 Å². The van der Waals surface area contributed by atoms with Gasteiger partial charge in [0.25, 0.3) is 0 Å². The molecule has 86 valence electrons. The zero-order valence-electron chi connectivity index (χ0n) is 9.27. The van der Waals surface area contributed by atoms with Gasteiger partial charge in [0, 0.05) is 18.2 Å². The van der Waals surface area contributed by atoms with Crippen LogP contribution in [0.3, 0.4) is 0 Å². The molecule has 0 saturated heterocycles. The molecule has 0 bridgehead atoms. The molecule has 0 N–H and O–H groups in total. The second-order valence-corrected chi connectivity index (χ2v) is 3.80. The Morgan fingerprint density at radius 2 is 1.94 bits per heavy atom. The fraction of sp³-hybridized carbons (Fsp3) is 0.143. The number of ketones is 1. The van der Waals surface area contributed by atoms with E-state index in [0.717, 1.165) is 11.8 Å². The average molecular weight is 229 g/mol. The molecule has 2 aromatic rings. The number of benzene rings is 1. The minimum atomic E-state index is -0.476. The summed E-state index contributed by atoms with van der Waals surface area (Å²) in [5.41, 5.74) is 1.44. The molecule has 0 spiro atoms. The van der Waals surface area contributed by atoms with E-state index in [4.69, 9.17) is 0 Å². The van der Waals surface area contributed by atoms with Crippen LogP contribution in [-0.2, 0) is 6.42 Å². The van der Waals surface area contributed by atoms with Crippen LogP contribution < -0.4 is 0 Å². The van der Waals surface area contributed by atoms with E-state index in [1.165, 1.54) is 12.3 Å². The zero-order chi connectivity index (χ0) is 12.1. The maximum absolute atomic E-state index is 12.9. The van der Waals surface area contributed by atoms with Crippen molar-refractivity contribution in [2.45, 2.75) is 12.8 Å². The summed E-state index contributed by atoms with van der Waals surface area (Å²) in [6.07, 6.45) is 3.52. The van der Waals surface area contributed by atoms with Gasteiger partial charge in [-0.05, 0) is 18.1 Å². The summed E-state index contributed by atoms with van der Waals surface area (Å²) in [5.74, 6) is -0.559. The maximum atomic E-state index is 12.9. The number of Topliss-reactive ketones (excluding diaryl/α,β-unsaturated/α-hetero) is 1. The van der Waals surface area contributed by atoms with Crippen LogP contribution in [0.25, 0.3) is 0 Å². The van der Waals surface area contributed by atoms with E-state index >= 15 is 0 Å². The van der Waals surface area contributed by atoms with Crippen molar-refractivity contribution in [3.63, 3.8) is 0 Å². The first-order valence-electron chi connectivity index (χ1n) is 5.43. The van der Waals surface area contributed by atoms with Crippen molar-refractivity contribution < 1.29 is 9.18 Å². The molecule has 1 aromatic carbocycles. The lowest BCUT2D eigenvalue weighted by Crippen LogP contribution is -2.02. The van der Waals surface area contributed by atoms with Crippen molar-refractivity contribution in [1.82, 2.24) is 4.98 Å². The number of carbonyl (C=O) groups is 1. The SMILES string of the molecule is O=C(CCc1ccccc1)c1cncc(F)c1. The molecule has 0 unspecified atom stereocenters. The molecule has 0 aliphatic rings. The summed E-state index contributed by atoms with van der Waals surface area (Å²) < 4.78 is 12.9. The Labute approximate surface area is 99.1 Å². The molecular weight excluding hydrogens is 217 g/mol. The molecule has 2 rings (SSSR count). The van der Waals surface area contributed by atoms with E-state index in [2.05, 4.69) is 4.98 Å². The number of hydrogen-bond donors (Lipinski definition) is 0. The molecule has 0 amide bonds. The quantitative estimate of drug-likeness (QED) is 0.754. The Morgan fingerprint density at radius 3 is 2.65 bits per heavy atom. The number of halogens is 1. The van der Waals surface area contributed by atoms with Crippen molar-refractivity contribution in [3.05, 3.63) is 65.7 Å². The average Bonchev–Trinajstić information content (AvgIpc) is 2.37. The first kappa shape index (κ1) is 11.5. The van der Waals surface area contributed by atoms with Crippen LogP contribution in [0.15, 0.2) is 48.8 Å². The summed E-state index contributed by atoms with van der Waals surface area (Å²) in [6.45, 7) is 0. The predicted molar refractivity (Wildman–Crippen MR) is 63.3 cm³/mol. The number of aryl methyl sites for hydroxylation is 1. The third-order valence-corrected chi connectivity index (χ3v) is 2.51. The highest BCUT2D eigenvalue weighted by Gasteiger charge is 2.07. The third kappa shape index (κ3) is 3.21. The van der Waals surface area contributed by atoms with Crippen LogP contribution in [0, 0.1) is 5.82 Å². The fourth-order valence-electron chi connectivity index (χ4n) is 1.61. The third-order valence-electron chi connectivity index (χ3n) is 2.51. The van der Waals surface area contributed by atoms with Gasteiger partial charge in [0.05, 0.1) is 6.20 Å². The summed E-state index contributed by atoms with van der Waals surface area (Å²) in [7, 11) is 0.